The van der Waals surface area contributed by atoms with Crippen molar-refractivity contribution in [3.05, 3.63) is 0 Å². The minimum Gasteiger partial charge on any atom is -0.393 e. The molecule has 0 aliphatic heterocycles. The van der Waals surface area contributed by atoms with Gasteiger partial charge in [-0.25, -0.2) is 8.42 Å². The van der Waals surface area contributed by atoms with Gasteiger partial charge in [-0.2, -0.15) is 0 Å². The Hall–Kier alpha value is -0.0900. The maximum absolute atomic E-state index is 11.3. The fraction of sp³-hybridized carbons (Fsp3) is 1.00. The molecule has 3 nitrogen and oxygen atoms in total. The molecule has 1 rings (SSSR count). The Morgan fingerprint density at radius 3 is 2.67 bits per heavy atom. The highest BCUT2D eigenvalue weighted by atomic mass is 32.2. The lowest BCUT2D eigenvalue weighted by Crippen LogP contribution is -2.20. The molecule has 0 spiro atoms. The lowest BCUT2D eigenvalue weighted by molar-refractivity contribution is 0.0981. The van der Waals surface area contributed by atoms with Crippen LogP contribution in [0.5, 0.6) is 0 Å². The first-order valence-electron chi connectivity index (χ1n) is 5.92. The smallest absolute Gasteiger partial charge is 0.150 e. The van der Waals surface area contributed by atoms with Gasteiger partial charge in [0, 0.05) is 5.75 Å². The summed E-state index contributed by atoms with van der Waals surface area (Å²) in [5, 5.41) is 9.47. The molecule has 1 aliphatic carbocycles. The van der Waals surface area contributed by atoms with Gasteiger partial charge in [-0.15, -0.1) is 0 Å². The van der Waals surface area contributed by atoms with Crippen LogP contribution in [-0.4, -0.2) is 31.1 Å². The number of hydrogen-bond donors (Lipinski definition) is 1. The van der Waals surface area contributed by atoms with Crippen LogP contribution in [0.15, 0.2) is 0 Å². The van der Waals surface area contributed by atoms with Gasteiger partial charge in [-0.3, -0.25) is 0 Å². The fourth-order valence-corrected chi connectivity index (χ4v) is 3.16. The van der Waals surface area contributed by atoms with E-state index in [1.165, 1.54) is 0 Å². The SMILES string of the molecule is CCS(=O)(=O)CCCC1CCCC(O)C1. The minimum atomic E-state index is -2.80. The van der Waals surface area contributed by atoms with Gasteiger partial charge in [0.15, 0.2) is 0 Å². The highest BCUT2D eigenvalue weighted by molar-refractivity contribution is 7.91. The minimum absolute atomic E-state index is 0.147. The number of rotatable bonds is 5. The molecule has 0 aromatic heterocycles. The molecule has 0 aromatic rings. The molecular weight excluding hydrogens is 212 g/mol. The third kappa shape index (κ3) is 4.98. The van der Waals surface area contributed by atoms with Crippen molar-refractivity contribution in [2.45, 2.75) is 51.6 Å². The van der Waals surface area contributed by atoms with Crippen molar-refractivity contribution in [3.8, 4) is 0 Å². The molecule has 0 heterocycles. The predicted octanol–water partition coefficient (Wildman–Crippen LogP) is 1.75. The summed E-state index contributed by atoms with van der Waals surface area (Å²) in [6, 6.07) is 0. The molecule has 0 bridgehead atoms. The lowest BCUT2D eigenvalue weighted by Gasteiger charge is -2.25. The molecule has 1 saturated carbocycles. The van der Waals surface area contributed by atoms with Crippen LogP contribution in [0.3, 0.4) is 0 Å². The highest BCUT2D eigenvalue weighted by Crippen LogP contribution is 2.27. The van der Waals surface area contributed by atoms with Crippen LogP contribution < -0.4 is 0 Å². The molecule has 2 unspecified atom stereocenters. The normalized spacial score (nSPS) is 27.9. The maximum atomic E-state index is 11.3. The molecule has 15 heavy (non-hydrogen) atoms. The van der Waals surface area contributed by atoms with Crippen LogP contribution in [0, 0.1) is 5.92 Å². The first kappa shape index (κ1) is 13.0. The van der Waals surface area contributed by atoms with E-state index in [9.17, 15) is 13.5 Å². The third-order valence-electron chi connectivity index (χ3n) is 3.26. The standard InChI is InChI=1S/C11H22O3S/c1-2-15(13,14)8-4-6-10-5-3-7-11(12)9-10/h10-12H,2-9H2,1H3. The van der Waals surface area contributed by atoms with E-state index in [1.54, 1.807) is 6.92 Å². The Morgan fingerprint density at radius 1 is 1.33 bits per heavy atom. The summed E-state index contributed by atoms with van der Waals surface area (Å²) in [5.41, 5.74) is 0. The molecule has 0 saturated heterocycles. The summed E-state index contributed by atoms with van der Waals surface area (Å²) in [5.74, 6) is 1.11. The Balaban J connectivity index is 2.20. The quantitative estimate of drug-likeness (QED) is 0.788. The van der Waals surface area contributed by atoms with E-state index in [2.05, 4.69) is 0 Å². The van der Waals surface area contributed by atoms with Crippen LogP contribution in [0.4, 0.5) is 0 Å². The van der Waals surface area contributed by atoms with E-state index < -0.39 is 9.84 Å². The summed E-state index contributed by atoms with van der Waals surface area (Å²) in [7, 11) is -2.80. The summed E-state index contributed by atoms with van der Waals surface area (Å²) in [6.45, 7) is 1.69. The van der Waals surface area contributed by atoms with Crippen molar-refractivity contribution in [3.63, 3.8) is 0 Å². The van der Waals surface area contributed by atoms with Gasteiger partial charge in [0.25, 0.3) is 0 Å². The van der Waals surface area contributed by atoms with Gasteiger partial charge in [-0.05, 0) is 31.6 Å². The second-order valence-electron chi connectivity index (χ2n) is 4.57. The van der Waals surface area contributed by atoms with Gasteiger partial charge in [-0.1, -0.05) is 19.8 Å². The molecule has 2 atom stereocenters. The van der Waals surface area contributed by atoms with Crippen LogP contribution in [0.2, 0.25) is 0 Å². The van der Waals surface area contributed by atoms with E-state index in [-0.39, 0.29) is 11.9 Å². The van der Waals surface area contributed by atoms with Crippen LogP contribution in [0.25, 0.3) is 0 Å². The molecular formula is C11H22O3S. The number of aliphatic hydroxyl groups is 1. The number of sulfone groups is 1. The van der Waals surface area contributed by atoms with E-state index in [4.69, 9.17) is 0 Å². The van der Waals surface area contributed by atoms with Gasteiger partial charge in [0.2, 0.25) is 0 Å². The van der Waals surface area contributed by atoms with Crippen molar-refractivity contribution < 1.29 is 13.5 Å². The molecule has 0 radical (unpaired) electrons. The van der Waals surface area contributed by atoms with E-state index in [0.717, 1.165) is 38.5 Å². The monoisotopic (exact) mass is 234 g/mol. The summed E-state index contributed by atoms with van der Waals surface area (Å²) in [4.78, 5) is 0. The second kappa shape index (κ2) is 5.85. The van der Waals surface area contributed by atoms with Gasteiger partial charge in [0.1, 0.15) is 9.84 Å². The lowest BCUT2D eigenvalue weighted by atomic mass is 9.85. The van der Waals surface area contributed by atoms with Crippen LogP contribution >= 0.6 is 0 Å². The number of hydrogen-bond acceptors (Lipinski definition) is 3. The van der Waals surface area contributed by atoms with Gasteiger partial charge < -0.3 is 5.11 Å². The summed E-state index contributed by atoms with van der Waals surface area (Å²) >= 11 is 0. The van der Waals surface area contributed by atoms with Crippen molar-refractivity contribution >= 4 is 9.84 Å². The van der Waals surface area contributed by atoms with E-state index >= 15 is 0 Å². The van der Waals surface area contributed by atoms with Gasteiger partial charge in [0.05, 0.1) is 11.9 Å². The summed E-state index contributed by atoms with van der Waals surface area (Å²) in [6.07, 6.45) is 5.60. The van der Waals surface area contributed by atoms with Crippen molar-refractivity contribution in [1.82, 2.24) is 0 Å². The van der Waals surface area contributed by atoms with E-state index in [0.29, 0.717) is 11.7 Å². The maximum Gasteiger partial charge on any atom is 0.150 e. The third-order valence-corrected chi connectivity index (χ3v) is 5.05. The molecule has 4 heteroatoms. The molecule has 0 amide bonds. The van der Waals surface area contributed by atoms with Crippen molar-refractivity contribution in [2.24, 2.45) is 5.92 Å². The zero-order valence-corrected chi connectivity index (χ0v) is 10.3. The Morgan fingerprint density at radius 2 is 2.07 bits per heavy atom. The highest BCUT2D eigenvalue weighted by Gasteiger charge is 2.20. The predicted molar refractivity (Wildman–Crippen MR) is 61.5 cm³/mol. The number of aliphatic hydroxyl groups excluding tert-OH is 1. The largest absolute Gasteiger partial charge is 0.393 e. The van der Waals surface area contributed by atoms with Gasteiger partial charge >= 0.3 is 0 Å². The Kier molecular flexibility index (Phi) is 5.06. The fourth-order valence-electron chi connectivity index (χ4n) is 2.26. The Bertz CT molecular complexity index is 272. The van der Waals surface area contributed by atoms with Crippen molar-refractivity contribution in [1.29, 1.82) is 0 Å². The zero-order valence-electron chi connectivity index (χ0n) is 9.48. The molecule has 1 N–H and O–H groups in total. The topological polar surface area (TPSA) is 54.4 Å². The van der Waals surface area contributed by atoms with E-state index in [1.807, 2.05) is 0 Å². The zero-order chi connectivity index (χ0) is 11.3. The molecule has 1 aliphatic rings. The second-order valence-corrected chi connectivity index (χ2v) is 7.04. The molecule has 1 fully saturated rings. The van der Waals surface area contributed by atoms with Crippen LogP contribution in [-0.2, 0) is 9.84 Å². The molecule has 90 valence electrons. The average molecular weight is 234 g/mol. The first-order chi connectivity index (χ1) is 7.03. The average Bonchev–Trinajstić information content (AvgIpc) is 2.18. The molecule has 0 aromatic carbocycles. The van der Waals surface area contributed by atoms with Crippen LogP contribution in [0.1, 0.15) is 45.4 Å². The first-order valence-corrected chi connectivity index (χ1v) is 7.74. The summed E-state index contributed by atoms with van der Waals surface area (Å²) < 4.78 is 22.5. The van der Waals surface area contributed by atoms with Crippen molar-refractivity contribution in [2.75, 3.05) is 11.5 Å². The Labute approximate surface area is 92.8 Å².